The summed E-state index contributed by atoms with van der Waals surface area (Å²) in [6, 6.07) is 11.3. The highest BCUT2D eigenvalue weighted by Gasteiger charge is 2.20. The van der Waals surface area contributed by atoms with E-state index in [1.165, 1.54) is 4.57 Å². The molecule has 2 heterocycles. The van der Waals surface area contributed by atoms with Gasteiger partial charge >= 0.3 is 6.03 Å². The minimum Gasteiger partial charge on any atom is -0.493 e. The summed E-state index contributed by atoms with van der Waals surface area (Å²) in [7, 11) is 4.13. The SMILES string of the molecule is CN(C)CC(C)(C)COc1cccc(-c2cnc3c(ccn3C(N)=O)c2)c1. The van der Waals surface area contributed by atoms with Gasteiger partial charge in [-0.1, -0.05) is 26.0 Å². The fourth-order valence-corrected chi connectivity index (χ4v) is 3.31. The summed E-state index contributed by atoms with van der Waals surface area (Å²) >= 11 is 0. The zero-order valence-electron chi connectivity index (χ0n) is 16.3. The zero-order chi connectivity index (χ0) is 19.6. The molecule has 0 unspecified atom stereocenters. The Morgan fingerprint density at radius 1 is 1.22 bits per heavy atom. The number of aromatic nitrogens is 2. The summed E-state index contributed by atoms with van der Waals surface area (Å²) in [5.41, 5.74) is 7.94. The molecule has 27 heavy (non-hydrogen) atoms. The fraction of sp³-hybridized carbons (Fsp3) is 0.333. The van der Waals surface area contributed by atoms with Crippen LogP contribution in [0, 0.1) is 5.41 Å². The minimum atomic E-state index is -0.541. The number of carbonyl (C=O) groups is 1. The minimum absolute atomic E-state index is 0.0532. The lowest BCUT2D eigenvalue weighted by Crippen LogP contribution is -2.33. The predicted octanol–water partition coefficient (Wildman–Crippen LogP) is 3.60. The van der Waals surface area contributed by atoms with Crippen LogP contribution in [-0.2, 0) is 0 Å². The summed E-state index contributed by atoms with van der Waals surface area (Å²) in [6.45, 7) is 5.97. The van der Waals surface area contributed by atoms with Crippen molar-refractivity contribution in [3.05, 3.63) is 48.8 Å². The number of hydrogen-bond donors (Lipinski definition) is 1. The smallest absolute Gasteiger partial charge is 0.324 e. The van der Waals surface area contributed by atoms with Crippen LogP contribution >= 0.6 is 0 Å². The molecule has 0 aliphatic heterocycles. The predicted molar refractivity (Wildman–Crippen MR) is 108 cm³/mol. The third-order valence-electron chi connectivity index (χ3n) is 4.31. The number of nitrogens with two attached hydrogens (primary N) is 1. The third kappa shape index (κ3) is 4.46. The molecule has 1 amide bonds. The Kier molecular flexibility index (Phi) is 5.19. The summed E-state index contributed by atoms with van der Waals surface area (Å²) in [5, 5.41) is 0.865. The van der Waals surface area contributed by atoms with Gasteiger partial charge in [0, 0.05) is 35.3 Å². The molecule has 0 aliphatic rings. The second-order valence-electron chi connectivity index (χ2n) is 7.88. The van der Waals surface area contributed by atoms with E-state index in [2.05, 4.69) is 37.8 Å². The molecule has 0 bridgehead atoms. The van der Waals surface area contributed by atoms with Gasteiger partial charge in [0.05, 0.1) is 6.61 Å². The van der Waals surface area contributed by atoms with Gasteiger partial charge < -0.3 is 15.4 Å². The molecule has 0 aliphatic carbocycles. The van der Waals surface area contributed by atoms with Crippen LogP contribution in [0.3, 0.4) is 0 Å². The van der Waals surface area contributed by atoms with Crippen LogP contribution in [0.5, 0.6) is 5.75 Å². The van der Waals surface area contributed by atoms with Crippen molar-refractivity contribution in [3.8, 4) is 16.9 Å². The second-order valence-corrected chi connectivity index (χ2v) is 7.88. The molecule has 142 valence electrons. The first-order valence-electron chi connectivity index (χ1n) is 8.90. The second kappa shape index (κ2) is 7.40. The van der Waals surface area contributed by atoms with Gasteiger partial charge in [-0.15, -0.1) is 0 Å². The largest absolute Gasteiger partial charge is 0.493 e. The van der Waals surface area contributed by atoms with Crippen LogP contribution in [0.15, 0.2) is 48.8 Å². The third-order valence-corrected chi connectivity index (χ3v) is 4.31. The maximum atomic E-state index is 11.4. The number of primary amides is 1. The first-order chi connectivity index (χ1) is 12.7. The molecule has 3 rings (SSSR count). The molecule has 6 heteroatoms. The number of fused-ring (bicyclic) bond motifs is 1. The number of hydrogen-bond acceptors (Lipinski definition) is 4. The Morgan fingerprint density at radius 2 is 2.00 bits per heavy atom. The number of ether oxygens (including phenoxy) is 1. The van der Waals surface area contributed by atoms with Gasteiger partial charge in [-0.25, -0.2) is 9.78 Å². The number of benzene rings is 1. The van der Waals surface area contributed by atoms with E-state index in [1.54, 1.807) is 12.4 Å². The lowest BCUT2D eigenvalue weighted by Gasteiger charge is -2.28. The molecule has 2 N–H and O–H groups in total. The van der Waals surface area contributed by atoms with E-state index in [9.17, 15) is 4.79 Å². The summed E-state index contributed by atoms with van der Waals surface area (Å²) < 4.78 is 7.38. The molecule has 1 aromatic carbocycles. The Balaban J connectivity index is 1.81. The van der Waals surface area contributed by atoms with Crippen molar-refractivity contribution in [3.63, 3.8) is 0 Å². The van der Waals surface area contributed by atoms with Gasteiger partial charge in [0.1, 0.15) is 11.4 Å². The summed E-state index contributed by atoms with van der Waals surface area (Å²) in [4.78, 5) is 18.0. The highest BCUT2D eigenvalue weighted by atomic mass is 16.5. The topological polar surface area (TPSA) is 73.4 Å². The number of carbonyl (C=O) groups excluding carboxylic acids is 1. The molecular weight excluding hydrogens is 340 g/mol. The van der Waals surface area contributed by atoms with Gasteiger partial charge in [0.2, 0.25) is 0 Å². The van der Waals surface area contributed by atoms with Crippen molar-refractivity contribution in [1.82, 2.24) is 14.5 Å². The monoisotopic (exact) mass is 366 g/mol. The lowest BCUT2D eigenvalue weighted by molar-refractivity contribution is 0.141. The van der Waals surface area contributed by atoms with E-state index < -0.39 is 6.03 Å². The maximum absolute atomic E-state index is 11.4. The van der Waals surface area contributed by atoms with Crippen molar-refractivity contribution in [2.45, 2.75) is 13.8 Å². The number of rotatable bonds is 6. The highest BCUT2D eigenvalue weighted by Crippen LogP contribution is 2.27. The Morgan fingerprint density at radius 3 is 2.70 bits per heavy atom. The Bertz CT molecular complexity index is 960. The normalized spacial score (nSPS) is 11.9. The lowest BCUT2D eigenvalue weighted by atomic mass is 9.94. The quantitative estimate of drug-likeness (QED) is 0.723. The zero-order valence-corrected chi connectivity index (χ0v) is 16.3. The molecule has 0 saturated carbocycles. The van der Waals surface area contributed by atoms with Crippen molar-refractivity contribution in [2.24, 2.45) is 11.1 Å². The van der Waals surface area contributed by atoms with E-state index in [1.807, 2.05) is 36.4 Å². The van der Waals surface area contributed by atoms with Gasteiger partial charge in [0.25, 0.3) is 0 Å². The Labute approximate surface area is 159 Å². The molecule has 0 atom stereocenters. The van der Waals surface area contributed by atoms with Crippen LogP contribution in [0.25, 0.3) is 22.2 Å². The first kappa shape index (κ1) is 18.9. The average molecular weight is 366 g/mol. The molecule has 3 aromatic rings. The molecule has 6 nitrogen and oxygen atoms in total. The van der Waals surface area contributed by atoms with Crippen molar-refractivity contribution in [2.75, 3.05) is 27.2 Å². The van der Waals surface area contributed by atoms with Gasteiger partial charge in [0.15, 0.2) is 0 Å². The van der Waals surface area contributed by atoms with Gasteiger partial charge in [-0.05, 0) is 43.9 Å². The molecule has 2 aromatic heterocycles. The first-order valence-corrected chi connectivity index (χ1v) is 8.90. The molecule has 0 saturated heterocycles. The summed E-state index contributed by atoms with van der Waals surface area (Å²) in [6.07, 6.45) is 3.38. The average Bonchev–Trinajstić information content (AvgIpc) is 3.02. The van der Waals surface area contributed by atoms with Crippen molar-refractivity contribution >= 4 is 17.1 Å². The summed E-state index contributed by atoms with van der Waals surface area (Å²) in [5.74, 6) is 0.828. The van der Waals surface area contributed by atoms with Crippen LogP contribution in [0.4, 0.5) is 4.79 Å². The van der Waals surface area contributed by atoms with Crippen LogP contribution in [-0.4, -0.2) is 47.7 Å². The number of amides is 1. The van der Waals surface area contributed by atoms with E-state index in [4.69, 9.17) is 10.5 Å². The number of pyridine rings is 1. The van der Waals surface area contributed by atoms with Crippen molar-refractivity contribution < 1.29 is 9.53 Å². The molecule has 0 radical (unpaired) electrons. The van der Waals surface area contributed by atoms with E-state index in [0.29, 0.717) is 12.3 Å². The van der Waals surface area contributed by atoms with Gasteiger partial charge in [-0.3, -0.25) is 4.57 Å². The Hall–Kier alpha value is -2.86. The maximum Gasteiger partial charge on any atom is 0.324 e. The van der Waals surface area contributed by atoms with Crippen LogP contribution in [0.2, 0.25) is 0 Å². The molecule has 0 fully saturated rings. The standard InChI is InChI=1S/C21H26N4O2/c1-21(2,13-24(3)4)14-27-18-7-5-6-15(11-18)17-10-16-8-9-25(20(22)26)19(16)23-12-17/h5-12H,13-14H2,1-4H3,(H2,22,26). The molecular formula is C21H26N4O2. The van der Waals surface area contributed by atoms with E-state index >= 15 is 0 Å². The van der Waals surface area contributed by atoms with Crippen LogP contribution < -0.4 is 10.5 Å². The van der Waals surface area contributed by atoms with Crippen molar-refractivity contribution in [1.29, 1.82) is 0 Å². The number of nitrogens with zero attached hydrogens (tertiary/aromatic N) is 3. The van der Waals surface area contributed by atoms with E-state index in [0.717, 1.165) is 28.8 Å². The highest BCUT2D eigenvalue weighted by molar-refractivity contribution is 5.90. The fourth-order valence-electron chi connectivity index (χ4n) is 3.31. The van der Waals surface area contributed by atoms with E-state index in [-0.39, 0.29) is 5.41 Å². The van der Waals surface area contributed by atoms with Crippen LogP contribution in [0.1, 0.15) is 13.8 Å². The molecule has 0 spiro atoms. The van der Waals surface area contributed by atoms with Gasteiger partial charge in [-0.2, -0.15) is 0 Å².